The molecule has 7 heteroatoms. The maximum absolute atomic E-state index is 11.7. The van der Waals surface area contributed by atoms with Crippen LogP contribution in [0.3, 0.4) is 0 Å². The standard InChI is InChI=1S/C9H15N5O2/c1-9(2,7(10)14-16)8(15)13-5-6-11-3-4-12-6/h3-4,16H,5H2,1-2H3,(H2,10,14)(H,11,12)(H,13,15). The summed E-state index contributed by atoms with van der Waals surface area (Å²) in [7, 11) is 0. The topological polar surface area (TPSA) is 116 Å². The number of nitrogens with zero attached hydrogens (tertiary/aromatic N) is 2. The third kappa shape index (κ3) is 2.50. The van der Waals surface area contributed by atoms with E-state index in [2.05, 4.69) is 20.4 Å². The number of nitrogens with two attached hydrogens (primary N) is 1. The average molecular weight is 225 g/mol. The first kappa shape index (κ1) is 12.0. The van der Waals surface area contributed by atoms with Gasteiger partial charge in [0.25, 0.3) is 0 Å². The fourth-order valence-corrected chi connectivity index (χ4v) is 1.02. The summed E-state index contributed by atoms with van der Waals surface area (Å²) in [5.74, 6) is 0.173. The first-order chi connectivity index (χ1) is 7.48. The smallest absolute Gasteiger partial charge is 0.233 e. The number of carbonyl (C=O) groups excluding carboxylic acids is 1. The Morgan fingerprint density at radius 1 is 1.75 bits per heavy atom. The molecule has 0 aliphatic rings. The number of hydrogen-bond acceptors (Lipinski definition) is 4. The second-order valence-corrected chi connectivity index (χ2v) is 3.83. The van der Waals surface area contributed by atoms with E-state index in [0.29, 0.717) is 5.82 Å². The molecule has 0 unspecified atom stereocenters. The van der Waals surface area contributed by atoms with Crippen LogP contribution in [0.4, 0.5) is 0 Å². The number of amidine groups is 1. The fraction of sp³-hybridized carbons (Fsp3) is 0.444. The van der Waals surface area contributed by atoms with E-state index in [1.807, 2.05) is 0 Å². The van der Waals surface area contributed by atoms with Crippen molar-refractivity contribution in [2.45, 2.75) is 20.4 Å². The van der Waals surface area contributed by atoms with Gasteiger partial charge in [0.2, 0.25) is 5.91 Å². The molecule has 1 amide bonds. The number of carbonyl (C=O) groups is 1. The number of aromatic amines is 1. The Balaban J connectivity index is 2.59. The number of amides is 1. The third-order valence-corrected chi connectivity index (χ3v) is 2.29. The molecule has 7 nitrogen and oxygen atoms in total. The zero-order valence-electron chi connectivity index (χ0n) is 9.19. The molecule has 0 atom stereocenters. The van der Waals surface area contributed by atoms with Crippen LogP contribution in [0.5, 0.6) is 0 Å². The lowest BCUT2D eigenvalue weighted by molar-refractivity contribution is -0.126. The Kier molecular flexibility index (Phi) is 3.49. The molecule has 0 aromatic carbocycles. The van der Waals surface area contributed by atoms with Crippen LogP contribution in [-0.4, -0.2) is 26.9 Å². The number of H-pyrrole nitrogens is 1. The molecule has 0 spiro atoms. The van der Waals surface area contributed by atoms with E-state index >= 15 is 0 Å². The number of oxime groups is 1. The van der Waals surface area contributed by atoms with E-state index < -0.39 is 5.41 Å². The van der Waals surface area contributed by atoms with Crippen molar-refractivity contribution in [2.75, 3.05) is 0 Å². The van der Waals surface area contributed by atoms with E-state index in [1.165, 1.54) is 0 Å². The zero-order valence-corrected chi connectivity index (χ0v) is 9.19. The van der Waals surface area contributed by atoms with Crippen molar-refractivity contribution in [3.8, 4) is 0 Å². The predicted molar refractivity (Wildman–Crippen MR) is 57.6 cm³/mol. The van der Waals surface area contributed by atoms with Gasteiger partial charge >= 0.3 is 0 Å². The second kappa shape index (κ2) is 4.65. The molecular weight excluding hydrogens is 210 g/mol. The van der Waals surface area contributed by atoms with E-state index in [1.54, 1.807) is 26.2 Å². The van der Waals surface area contributed by atoms with Gasteiger partial charge in [-0.15, -0.1) is 0 Å². The minimum atomic E-state index is -1.05. The zero-order chi connectivity index (χ0) is 12.2. The Bertz CT molecular complexity index is 383. The molecule has 0 fully saturated rings. The SMILES string of the molecule is CC(C)(C(=O)NCc1ncc[nH]1)C(N)=NO. The van der Waals surface area contributed by atoms with Crippen LogP contribution in [0, 0.1) is 5.41 Å². The van der Waals surface area contributed by atoms with E-state index in [4.69, 9.17) is 10.9 Å². The molecule has 1 aromatic rings. The first-order valence-corrected chi connectivity index (χ1v) is 4.73. The van der Waals surface area contributed by atoms with E-state index in [-0.39, 0.29) is 18.3 Å². The molecule has 88 valence electrons. The Hall–Kier alpha value is -2.05. The second-order valence-electron chi connectivity index (χ2n) is 3.83. The van der Waals surface area contributed by atoms with Gasteiger partial charge < -0.3 is 21.2 Å². The van der Waals surface area contributed by atoms with Gasteiger partial charge in [0, 0.05) is 12.4 Å². The van der Waals surface area contributed by atoms with Crippen molar-refractivity contribution >= 4 is 11.7 Å². The van der Waals surface area contributed by atoms with Crippen LogP contribution in [0.2, 0.25) is 0 Å². The quantitative estimate of drug-likeness (QED) is 0.246. The van der Waals surface area contributed by atoms with Crippen LogP contribution >= 0.6 is 0 Å². The number of imidazole rings is 1. The maximum Gasteiger partial charge on any atom is 0.233 e. The predicted octanol–water partition coefficient (Wildman–Crippen LogP) is -0.201. The molecule has 0 aliphatic carbocycles. The van der Waals surface area contributed by atoms with Gasteiger partial charge in [-0.2, -0.15) is 0 Å². The molecule has 1 aromatic heterocycles. The van der Waals surface area contributed by atoms with Crippen molar-refractivity contribution in [2.24, 2.45) is 16.3 Å². The fourth-order valence-electron chi connectivity index (χ4n) is 1.02. The van der Waals surface area contributed by atoms with Gasteiger partial charge in [0.05, 0.1) is 6.54 Å². The summed E-state index contributed by atoms with van der Waals surface area (Å²) < 4.78 is 0. The van der Waals surface area contributed by atoms with Crippen molar-refractivity contribution in [1.29, 1.82) is 0 Å². The molecule has 0 saturated heterocycles. The van der Waals surface area contributed by atoms with Crippen molar-refractivity contribution in [3.05, 3.63) is 18.2 Å². The molecule has 0 bridgehead atoms. The molecule has 1 heterocycles. The minimum Gasteiger partial charge on any atom is -0.409 e. The van der Waals surface area contributed by atoms with Gasteiger partial charge in [-0.3, -0.25) is 4.79 Å². The summed E-state index contributed by atoms with van der Waals surface area (Å²) in [6.45, 7) is 3.41. The highest BCUT2D eigenvalue weighted by Crippen LogP contribution is 2.15. The van der Waals surface area contributed by atoms with Gasteiger partial charge in [0.15, 0.2) is 5.84 Å². The van der Waals surface area contributed by atoms with Crippen LogP contribution in [0.15, 0.2) is 17.5 Å². The van der Waals surface area contributed by atoms with Crippen LogP contribution in [0.25, 0.3) is 0 Å². The normalized spacial score (nSPS) is 12.5. The van der Waals surface area contributed by atoms with Crippen LogP contribution in [0.1, 0.15) is 19.7 Å². The van der Waals surface area contributed by atoms with Gasteiger partial charge in [-0.05, 0) is 13.8 Å². The van der Waals surface area contributed by atoms with Gasteiger partial charge in [0.1, 0.15) is 11.2 Å². The van der Waals surface area contributed by atoms with Gasteiger partial charge in [-0.1, -0.05) is 5.16 Å². The highest BCUT2D eigenvalue weighted by Gasteiger charge is 2.32. The largest absolute Gasteiger partial charge is 0.409 e. The molecule has 5 N–H and O–H groups in total. The van der Waals surface area contributed by atoms with Crippen LogP contribution in [-0.2, 0) is 11.3 Å². The number of nitrogens with one attached hydrogen (secondary N) is 2. The lowest BCUT2D eigenvalue weighted by atomic mass is 9.91. The highest BCUT2D eigenvalue weighted by atomic mass is 16.4. The molecule has 0 saturated carbocycles. The lowest BCUT2D eigenvalue weighted by Crippen LogP contribution is -2.45. The molecule has 0 radical (unpaired) electrons. The Morgan fingerprint density at radius 2 is 2.44 bits per heavy atom. The lowest BCUT2D eigenvalue weighted by Gasteiger charge is -2.21. The average Bonchev–Trinajstić information content (AvgIpc) is 2.77. The summed E-state index contributed by atoms with van der Waals surface area (Å²) in [6, 6.07) is 0. The summed E-state index contributed by atoms with van der Waals surface area (Å²) in [4.78, 5) is 18.5. The maximum atomic E-state index is 11.7. The van der Waals surface area contributed by atoms with E-state index in [9.17, 15) is 4.79 Å². The number of aromatic nitrogens is 2. The molecular formula is C9H15N5O2. The summed E-state index contributed by atoms with van der Waals surface area (Å²) in [6.07, 6.45) is 3.26. The van der Waals surface area contributed by atoms with E-state index in [0.717, 1.165) is 0 Å². The number of rotatable bonds is 4. The highest BCUT2D eigenvalue weighted by molar-refractivity contribution is 6.05. The van der Waals surface area contributed by atoms with Crippen molar-refractivity contribution in [1.82, 2.24) is 15.3 Å². The Labute approximate surface area is 92.7 Å². The molecule has 1 rings (SSSR count). The van der Waals surface area contributed by atoms with Gasteiger partial charge in [-0.25, -0.2) is 4.98 Å². The molecule has 16 heavy (non-hydrogen) atoms. The summed E-state index contributed by atoms with van der Waals surface area (Å²) in [5.41, 5.74) is 4.36. The summed E-state index contributed by atoms with van der Waals surface area (Å²) in [5, 5.41) is 14.0. The Morgan fingerprint density at radius 3 is 2.94 bits per heavy atom. The van der Waals surface area contributed by atoms with Crippen molar-refractivity contribution < 1.29 is 10.0 Å². The van der Waals surface area contributed by atoms with Crippen LogP contribution < -0.4 is 11.1 Å². The number of hydrogen-bond donors (Lipinski definition) is 4. The first-order valence-electron chi connectivity index (χ1n) is 4.73. The minimum absolute atomic E-state index is 0.135. The summed E-state index contributed by atoms with van der Waals surface area (Å²) >= 11 is 0. The van der Waals surface area contributed by atoms with Crippen molar-refractivity contribution in [3.63, 3.8) is 0 Å². The monoisotopic (exact) mass is 225 g/mol. The third-order valence-electron chi connectivity index (χ3n) is 2.29. The molecule has 0 aliphatic heterocycles.